The van der Waals surface area contributed by atoms with E-state index in [0.717, 1.165) is 5.56 Å². The lowest BCUT2D eigenvalue weighted by molar-refractivity contribution is -0.154. The number of rotatable bonds is 4. The fraction of sp³-hybridized carbons (Fsp3) is 0.556. The summed E-state index contributed by atoms with van der Waals surface area (Å²) in [6.45, 7) is 10.8. The number of benzene rings is 1. The molecule has 0 N–H and O–H groups in total. The minimum Gasteiger partial charge on any atom is -0.454 e. The minimum atomic E-state index is -2.19. The molecule has 1 fully saturated rings. The molecule has 1 aromatic rings. The average Bonchev–Trinajstić information content (AvgIpc) is 3.08. The molecule has 0 aromatic heterocycles. The van der Waals surface area contributed by atoms with Crippen LogP contribution in [0.2, 0.25) is 18.1 Å². The van der Waals surface area contributed by atoms with Crippen LogP contribution in [-0.4, -0.2) is 27.0 Å². The molecule has 0 bridgehead atoms. The lowest BCUT2D eigenvalue weighted by atomic mass is 9.94. The van der Waals surface area contributed by atoms with Crippen molar-refractivity contribution in [2.75, 3.05) is 6.79 Å². The standard InChI is InChI=1S/C18H24O6Si/c1-18(2,3)25(4,5)24-16(12-9-15(19)23-17(12)20)11-6-7-13-14(8-11)22-10-21-13/h6-8,12,16H,9-10H2,1-5H3/t12-,16+/m1/s1. The van der Waals surface area contributed by atoms with Crippen LogP contribution in [0.25, 0.3) is 0 Å². The van der Waals surface area contributed by atoms with Crippen LogP contribution in [0.1, 0.15) is 38.9 Å². The van der Waals surface area contributed by atoms with Crippen molar-refractivity contribution >= 4 is 20.3 Å². The summed E-state index contributed by atoms with van der Waals surface area (Å²) in [5.41, 5.74) is 0.797. The van der Waals surface area contributed by atoms with Crippen LogP contribution in [-0.2, 0) is 18.8 Å². The molecule has 2 aliphatic rings. The van der Waals surface area contributed by atoms with Gasteiger partial charge in [-0.2, -0.15) is 0 Å². The highest BCUT2D eigenvalue weighted by Gasteiger charge is 2.46. The molecule has 0 amide bonds. The number of cyclic esters (lactones) is 2. The van der Waals surface area contributed by atoms with Gasteiger partial charge in [0.1, 0.15) is 0 Å². The van der Waals surface area contributed by atoms with Gasteiger partial charge in [-0.25, -0.2) is 0 Å². The normalized spacial score (nSPS) is 21.4. The van der Waals surface area contributed by atoms with E-state index >= 15 is 0 Å². The third kappa shape index (κ3) is 3.43. The van der Waals surface area contributed by atoms with Crippen molar-refractivity contribution in [3.05, 3.63) is 23.8 Å². The van der Waals surface area contributed by atoms with Crippen LogP contribution in [0.5, 0.6) is 11.5 Å². The van der Waals surface area contributed by atoms with Gasteiger partial charge in [-0.05, 0) is 35.8 Å². The van der Waals surface area contributed by atoms with E-state index in [0.29, 0.717) is 11.5 Å². The highest BCUT2D eigenvalue weighted by molar-refractivity contribution is 6.74. The predicted molar refractivity (Wildman–Crippen MR) is 92.8 cm³/mol. The SMILES string of the molecule is CC(C)(C)[Si](C)(C)O[C@@H](c1ccc2c(c1)OCO2)[C@H]1CC(=O)OC1=O. The summed E-state index contributed by atoms with van der Waals surface area (Å²) in [6.07, 6.45) is -0.513. The van der Waals surface area contributed by atoms with Gasteiger partial charge in [0.05, 0.1) is 18.4 Å². The number of esters is 2. The second-order valence-electron chi connectivity index (χ2n) is 8.02. The van der Waals surface area contributed by atoms with Gasteiger partial charge in [0, 0.05) is 0 Å². The first-order valence-electron chi connectivity index (χ1n) is 8.40. The lowest BCUT2D eigenvalue weighted by Crippen LogP contribution is -2.43. The first-order chi connectivity index (χ1) is 11.6. The van der Waals surface area contributed by atoms with E-state index < -0.39 is 32.3 Å². The van der Waals surface area contributed by atoms with E-state index in [4.69, 9.17) is 18.6 Å². The van der Waals surface area contributed by atoms with Crippen molar-refractivity contribution in [3.63, 3.8) is 0 Å². The molecule has 0 spiro atoms. The Morgan fingerprint density at radius 2 is 1.84 bits per heavy atom. The molecule has 7 heteroatoms. The van der Waals surface area contributed by atoms with E-state index in [1.807, 2.05) is 18.2 Å². The summed E-state index contributed by atoms with van der Waals surface area (Å²) < 4.78 is 22.1. The van der Waals surface area contributed by atoms with Crippen molar-refractivity contribution < 1.29 is 28.2 Å². The number of carbonyl (C=O) groups is 2. The maximum atomic E-state index is 12.2. The first kappa shape index (κ1) is 17.9. The maximum Gasteiger partial charge on any atom is 0.320 e. The molecule has 0 aliphatic carbocycles. The molecule has 1 aromatic carbocycles. The van der Waals surface area contributed by atoms with Gasteiger partial charge in [-0.3, -0.25) is 9.59 Å². The van der Waals surface area contributed by atoms with Crippen LogP contribution in [0.4, 0.5) is 0 Å². The molecule has 0 unspecified atom stereocenters. The molecule has 1 saturated heterocycles. The topological polar surface area (TPSA) is 71.1 Å². The number of ether oxygens (including phenoxy) is 3. The van der Waals surface area contributed by atoms with E-state index in [1.54, 1.807) is 0 Å². The molecule has 0 radical (unpaired) electrons. The summed E-state index contributed by atoms with van der Waals surface area (Å²) in [7, 11) is -2.19. The molecule has 0 saturated carbocycles. The van der Waals surface area contributed by atoms with Crippen LogP contribution < -0.4 is 9.47 Å². The van der Waals surface area contributed by atoms with Gasteiger partial charge >= 0.3 is 11.9 Å². The summed E-state index contributed by atoms with van der Waals surface area (Å²) in [5, 5.41) is -0.0336. The average molecular weight is 364 g/mol. The van der Waals surface area contributed by atoms with E-state index in [1.165, 1.54) is 0 Å². The Morgan fingerprint density at radius 3 is 2.44 bits per heavy atom. The van der Waals surface area contributed by atoms with E-state index in [2.05, 4.69) is 33.9 Å². The Labute approximate surface area is 148 Å². The van der Waals surface area contributed by atoms with Crippen LogP contribution in [0.3, 0.4) is 0 Å². The van der Waals surface area contributed by atoms with Crippen LogP contribution in [0, 0.1) is 5.92 Å². The monoisotopic (exact) mass is 364 g/mol. The second kappa shape index (κ2) is 6.14. The fourth-order valence-electron chi connectivity index (χ4n) is 2.69. The third-order valence-corrected chi connectivity index (χ3v) is 9.68. The lowest BCUT2D eigenvalue weighted by Gasteiger charge is -2.40. The number of fused-ring (bicyclic) bond motifs is 1. The zero-order chi connectivity index (χ0) is 18.4. The van der Waals surface area contributed by atoms with E-state index in [-0.39, 0.29) is 18.3 Å². The Kier molecular flexibility index (Phi) is 4.41. The van der Waals surface area contributed by atoms with E-state index in [9.17, 15) is 9.59 Å². The van der Waals surface area contributed by atoms with Crippen molar-refractivity contribution in [2.24, 2.45) is 5.92 Å². The molecule has 2 aliphatic heterocycles. The zero-order valence-corrected chi connectivity index (χ0v) is 16.3. The van der Waals surface area contributed by atoms with Crippen LogP contribution in [0.15, 0.2) is 18.2 Å². The third-order valence-electron chi connectivity index (χ3n) is 5.22. The Hall–Kier alpha value is -1.86. The summed E-state index contributed by atoms with van der Waals surface area (Å²) in [4.78, 5) is 23.8. The predicted octanol–water partition coefficient (Wildman–Crippen LogP) is 3.57. The van der Waals surface area contributed by atoms with Crippen molar-refractivity contribution in [1.29, 1.82) is 0 Å². The summed E-state index contributed by atoms with van der Waals surface area (Å²) in [5.74, 6) is -0.369. The highest BCUT2D eigenvalue weighted by atomic mass is 28.4. The fourth-order valence-corrected chi connectivity index (χ4v) is 3.98. The quantitative estimate of drug-likeness (QED) is 0.462. The number of hydrogen-bond donors (Lipinski definition) is 0. The Balaban J connectivity index is 1.97. The Bertz CT molecular complexity index is 706. The van der Waals surface area contributed by atoms with Crippen LogP contribution >= 0.6 is 0 Å². The molecule has 2 atom stereocenters. The summed E-state index contributed by atoms with van der Waals surface area (Å²) in [6, 6.07) is 5.50. The smallest absolute Gasteiger partial charge is 0.320 e. The van der Waals surface area contributed by atoms with Gasteiger partial charge in [-0.15, -0.1) is 0 Å². The molecular weight excluding hydrogens is 340 g/mol. The van der Waals surface area contributed by atoms with Gasteiger partial charge in [-0.1, -0.05) is 26.8 Å². The number of hydrogen-bond acceptors (Lipinski definition) is 6. The molecule has 2 heterocycles. The van der Waals surface area contributed by atoms with Gasteiger partial charge in [0.25, 0.3) is 0 Å². The second-order valence-corrected chi connectivity index (χ2v) is 12.8. The van der Waals surface area contributed by atoms with Crippen molar-refractivity contribution in [3.8, 4) is 11.5 Å². The highest BCUT2D eigenvalue weighted by Crippen LogP contribution is 2.45. The molecule has 6 nitrogen and oxygen atoms in total. The van der Waals surface area contributed by atoms with Gasteiger partial charge < -0.3 is 18.6 Å². The summed E-state index contributed by atoms with van der Waals surface area (Å²) >= 11 is 0. The minimum absolute atomic E-state index is 0.0336. The first-order valence-corrected chi connectivity index (χ1v) is 11.3. The van der Waals surface area contributed by atoms with Crippen molar-refractivity contribution in [2.45, 2.75) is 51.4 Å². The molecule has 25 heavy (non-hydrogen) atoms. The molecular formula is C18H24O6Si. The zero-order valence-electron chi connectivity index (χ0n) is 15.3. The van der Waals surface area contributed by atoms with Gasteiger partial charge in [0.2, 0.25) is 6.79 Å². The maximum absolute atomic E-state index is 12.2. The number of carbonyl (C=O) groups excluding carboxylic acids is 2. The van der Waals surface area contributed by atoms with Gasteiger partial charge in [0.15, 0.2) is 19.8 Å². The largest absolute Gasteiger partial charge is 0.454 e. The molecule has 3 rings (SSSR count). The Morgan fingerprint density at radius 1 is 1.16 bits per heavy atom. The molecule has 136 valence electrons. The van der Waals surface area contributed by atoms with Crippen molar-refractivity contribution in [1.82, 2.24) is 0 Å².